The minimum atomic E-state index is -0.425. The first kappa shape index (κ1) is 21.3. The van der Waals surface area contributed by atoms with E-state index in [-0.39, 0.29) is 17.3 Å². The first-order chi connectivity index (χ1) is 16.4. The molecule has 0 aliphatic heterocycles. The number of nitrogens with two attached hydrogens (primary N) is 1. The van der Waals surface area contributed by atoms with Crippen molar-refractivity contribution in [1.82, 2.24) is 29.5 Å². The number of pyridine rings is 1. The fraction of sp³-hybridized carbons (Fsp3) is 0.167. The Kier molecular flexibility index (Phi) is 5.25. The second kappa shape index (κ2) is 8.39. The fourth-order valence-corrected chi connectivity index (χ4v) is 3.94. The zero-order valence-electron chi connectivity index (χ0n) is 18.9. The molecule has 5 rings (SSSR count). The summed E-state index contributed by atoms with van der Waals surface area (Å²) in [6.07, 6.45) is 1.35. The lowest BCUT2D eigenvalue weighted by molar-refractivity contribution is 0.425. The number of fused-ring (bicyclic) bond motifs is 1. The molecule has 1 unspecified atom stereocenters. The Hall–Kier alpha value is -4.60. The number of nitrogens with zero attached hydrogens (tertiary/aromatic N) is 6. The highest BCUT2D eigenvalue weighted by atomic mass is 16.5. The molecule has 10 nitrogen and oxygen atoms in total. The molecule has 0 aliphatic rings. The van der Waals surface area contributed by atoms with Gasteiger partial charge in [0, 0.05) is 5.69 Å². The SMILES string of the molecule is Cc1noc(-c2c(N)ncnc2NC(C)c2nc3cccc(C)n3c(=O)c2-c2ccccc2)n1. The topological polar surface area (TPSA) is 137 Å². The summed E-state index contributed by atoms with van der Waals surface area (Å²) in [5.74, 6) is 1.26. The molecular formula is C24H22N8O2. The number of hydrogen-bond donors (Lipinski definition) is 2. The van der Waals surface area contributed by atoms with Gasteiger partial charge in [0.25, 0.3) is 11.4 Å². The number of aryl methyl sites for hydroxylation is 2. The third-order valence-electron chi connectivity index (χ3n) is 5.52. The van der Waals surface area contributed by atoms with Crippen molar-refractivity contribution in [3.05, 3.63) is 82.4 Å². The molecule has 1 atom stereocenters. The van der Waals surface area contributed by atoms with Crippen LogP contribution in [0, 0.1) is 13.8 Å². The van der Waals surface area contributed by atoms with Crippen LogP contribution < -0.4 is 16.6 Å². The van der Waals surface area contributed by atoms with Crippen LogP contribution in [0.15, 0.2) is 64.2 Å². The van der Waals surface area contributed by atoms with E-state index in [2.05, 4.69) is 25.4 Å². The molecule has 4 aromatic heterocycles. The van der Waals surface area contributed by atoms with E-state index in [4.69, 9.17) is 15.2 Å². The Morgan fingerprint density at radius 2 is 1.79 bits per heavy atom. The Balaban J connectivity index is 1.68. The first-order valence-electron chi connectivity index (χ1n) is 10.7. The molecule has 3 N–H and O–H groups in total. The van der Waals surface area contributed by atoms with Crippen LogP contribution in [0.5, 0.6) is 0 Å². The molecule has 34 heavy (non-hydrogen) atoms. The van der Waals surface area contributed by atoms with Crippen molar-refractivity contribution in [2.75, 3.05) is 11.1 Å². The van der Waals surface area contributed by atoms with Crippen LogP contribution in [0.3, 0.4) is 0 Å². The van der Waals surface area contributed by atoms with E-state index in [1.165, 1.54) is 6.33 Å². The van der Waals surface area contributed by atoms with Gasteiger partial charge in [0.15, 0.2) is 5.82 Å². The van der Waals surface area contributed by atoms with Gasteiger partial charge in [-0.15, -0.1) is 0 Å². The van der Waals surface area contributed by atoms with Crippen LogP contribution >= 0.6 is 0 Å². The molecule has 0 radical (unpaired) electrons. The van der Waals surface area contributed by atoms with Crippen molar-refractivity contribution in [3.8, 4) is 22.6 Å². The Labute approximate surface area is 194 Å². The Morgan fingerprint density at radius 3 is 2.53 bits per heavy atom. The first-order valence-corrected chi connectivity index (χ1v) is 10.7. The predicted molar refractivity (Wildman–Crippen MR) is 128 cm³/mol. The molecule has 0 aliphatic carbocycles. The molecule has 4 heterocycles. The molecule has 0 saturated carbocycles. The van der Waals surface area contributed by atoms with E-state index in [1.807, 2.05) is 62.4 Å². The second-order valence-electron chi connectivity index (χ2n) is 7.90. The third-order valence-corrected chi connectivity index (χ3v) is 5.52. The van der Waals surface area contributed by atoms with E-state index in [9.17, 15) is 4.79 Å². The molecule has 0 amide bonds. The molecule has 5 aromatic rings. The summed E-state index contributed by atoms with van der Waals surface area (Å²) in [6.45, 7) is 5.50. The largest absolute Gasteiger partial charge is 0.383 e. The molecule has 10 heteroatoms. The Morgan fingerprint density at radius 1 is 1.00 bits per heavy atom. The summed E-state index contributed by atoms with van der Waals surface area (Å²) in [6, 6.07) is 14.6. The van der Waals surface area contributed by atoms with Gasteiger partial charge in [-0.3, -0.25) is 9.20 Å². The average molecular weight is 454 g/mol. The second-order valence-corrected chi connectivity index (χ2v) is 7.90. The summed E-state index contributed by atoms with van der Waals surface area (Å²) < 4.78 is 6.93. The van der Waals surface area contributed by atoms with Gasteiger partial charge < -0.3 is 15.6 Å². The maximum Gasteiger partial charge on any atom is 0.266 e. The van der Waals surface area contributed by atoms with Gasteiger partial charge >= 0.3 is 0 Å². The molecule has 1 aromatic carbocycles. The summed E-state index contributed by atoms with van der Waals surface area (Å²) in [5.41, 5.74) is 9.59. The number of aromatic nitrogens is 6. The summed E-state index contributed by atoms with van der Waals surface area (Å²) in [7, 11) is 0. The molecular weight excluding hydrogens is 432 g/mol. The van der Waals surface area contributed by atoms with Gasteiger partial charge in [0.05, 0.1) is 17.3 Å². The standard InChI is InChI=1S/C24H22N8O2/c1-13-8-7-11-17-30-20(18(24(33)32(13)17)16-9-5-4-6-10-16)14(2)28-22-19(21(25)26-12-27-22)23-29-15(3)31-34-23/h4-12,14H,1-3H3,(H3,25,26,27,28). The zero-order valence-corrected chi connectivity index (χ0v) is 18.9. The third kappa shape index (κ3) is 3.64. The van der Waals surface area contributed by atoms with Crippen LogP contribution in [0.2, 0.25) is 0 Å². The van der Waals surface area contributed by atoms with Crippen molar-refractivity contribution in [2.45, 2.75) is 26.8 Å². The molecule has 0 fully saturated rings. The minimum Gasteiger partial charge on any atom is -0.383 e. The number of hydrogen-bond acceptors (Lipinski definition) is 9. The number of nitrogen functional groups attached to an aromatic ring is 1. The molecule has 0 bridgehead atoms. The maximum absolute atomic E-state index is 13.7. The van der Waals surface area contributed by atoms with Crippen molar-refractivity contribution in [1.29, 1.82) is 0 Å². The van der Waals surface area contributed by atoms with E-state index in [0.29, 0.717) is 34.1 Å². The van der Waals surface area contributed by atoms with E-state index in [0.717, 1.165) is 11.3 Å². The lowest BCUT2D eigenvalue weighted by Gasteiger charge is -2.20. The van der Waals surface area contributed by atoms with Crippen molar-refractivity contribution >= 4 is 17.3 Å². The summed E-state index contributed by atoms with van der Waals surface area (Å²) in [5, 5.41) is 7.16. The lowest BCUT2D eigenvalue weighted by atomic mass is 10.0. The number of anilines is 2. The summed E-state index contributed by atoms with van der Waals surface area (Å²) in [4.78, 5) is 31.2. The van der Waals surface area contributed by atoms with Gasteiger partial charge in [0.1, 0.15) is 29.2 Å². The zero-order chi connectivity index (χ0) is 23.8. The van der Waals surface area contributed by atoms with Crippen molar-refractivity contribution < 1.29 is 4.52 Å². The van der Waals surface area contributed by atoms with Crippen LogP contribution in [-0.2, 0) is 0 Å². The van der Waals surface area contributed by atoms with Crippen LogP contribution in [0.25, 0.3) is 28.2 Å². The van der Waals surface area contributed by atoms with E-state index >= 15 is 0 Å². The normalized spacial score (nSPS) is 12.1. The average Bonchev–Trinajstić information content (AvgIpc) is 3.25. The van der Waals surface area contributed by atoms with Gasteiger partial charge in [-0.2, -0.15) is 4.98 Å². The fourth-order valence-electron chi connectivity index (χ4n) is 3.94. The smallest absolute Gasteiger partial charge is 0.266 e. The number of rotatable bonds is 5. The Bertz CT molecular complexity index is 1560. The number of benzene rings is 1. The monoisotopic (exact) mass is 454 g/mol. The maximum atomic E-state index is 13.7. The van der Waals surface area contributed by atoms with Crippen LogP contribution in [0.1, 0.15) is 30.2 Å². The van der Waals surface area contributed by atoms with Gasteiger partial charge in [-0.05, 0) is 38.5 Å². The highest BCUT2D eigenvalue weighted by Gasteiger charge is 2.24. The van der Waals surface area contributed by atoms with Crippen LogP contribution in [0.4, 0.5) is 11.6 Å². The molecule has 170 valence electrons. The van der Waals surface area contributed by atoms with Gasteiger partial charge in [-0.1, -0.05) is 41.6 Å². The number of nitrogens with one attached hydrogen (secondary N) is 1. The van der Waals surface area contributed by atoms with Gasteiger partial charge in [-0.25, -0.2) is 15.0 Å². The minimum absolute atomic E-state index is 0.145. The predicted octanol–water partition coefficient (Wildman–Crippen LogP) is 3.57. The van der Waals surface area contributed by atoms with E-state index < -0.39 is 6.04 Å². The van der Waals surface area contributed by atoms with Gasteiger partial charge in [0.2, 0.25) is 0 Å². The lowest BCUT2D eigenvalue weighted by Crippen LogP contribution is -2.24. The van der Waals surface area contributed by atoms with Crippen molar-refractivity contribution in [3.63, 3.8) is 0 Å². The molecule has 0 saturated heterocycles. The quantitative estimate of drug-likeness (QED) is 0.408. The summed E-state index contributed by atoms with van der Waals surface area (Å²) >= 11 is 0. The highest BCUT2D eigenvalue weighted by Crippen LogP contribution is 2.33. The van der Waals surface area contributed by atoms with Crippen LogP contribution in [-0.4, -0.2) is 29.5 Å². The van der Waals surface area contributed by atoms with Crippen molar-refractivity contribution in [2.24, 2.45) is 0 Å². The molecule has 0 spiro atoms. The highest BCUT2D eigenvalue weighted by molar-refractivity contribution is 5.79. The van der Waals surface area contributed by atoms with E-state index in [1.54, 1.807) is 11.3 Å².